The first kappa shape index (κ1) is 20.4. The van der Waals surface area contributed by atoms with Crippen molar-refractivity contribution < 1.29 is 18.7 Å². The fourth-order valence-corrected chi connectivity index (χ4v) is 2.89. The maximum Gasteiger partial charge on any atom is 0.329 e. The third-order valence-corrected chi connectivity index (χ3v) is 4.10. The fourth-order valence-electron chi connectivity index (χ4n) is 2.37. The average Bonchev–Trinajstić information content (AvgIpc) is 3.16. The number of rotatable bonds is 5. The van der Waals surface area contributed by atoms with E-state index in [-0.39, 0.29) is 0 Å². The van der Waals surface area contributed by atoms with Crippen LogP contribution in [0, 0.1) is 0 Å². The van der Waals surface area contributed by atoms with Gasteiger partial charge in [0.05, 0.1) is 13.3 Å². The molecular weight excluding hydrogens is 417 g/mol. The second kappa shape index (κ2) is 9.27. The van der Waals surface area contributed by atoms with Crippen molar-refractivity contribution in [3.8, 4) is 17.1 Å². The zero-order chi connectivity index (χ0) is 20.8. The summed E-state index contributed by atoms with van der Waals surface area (Å²) in [5, 5.41) is 7.13. The Bertz CT molecular complexity index is 1060. The van der Waals surface area contributed by atoms with Gasteiger partial charge in [-0.2, -0.15) is 5.10 Å². The molecule has 0 spiro atoms. The molecule has 0 atom stereocenters. The number of nitrogens with zero attached hydrogens (tertiary/aromatic N) is 1. The summed E-state index contributed by atoms with van der Waals surface area (Å²) in [5.41, 5.74) is 3.25. The maximum absolute atomic E-state index is 11.9. The van der Waals surface area contributed by atoms with Crippen LogP contribution in [0.25, 0.3) is 11.3 Å². The number of hydrazone groups is 1. The van der Waals surface area contributed by atoms with Gasteiger partial charge in [0.1, 0.15) is 17.3 Å². The van der Waals surface area contributed by atoms with Crippen molar-refractivity contribution in [2.24, 2.45) is 5.10 Å². The molecule has 0 aliphatic carbocycles. The third-order valence-electron chi connectivity index (χ3n) is 3.67. The number of carbonyl (C=O) groups excluding carboxylic acids is 2. The number of furan rings is 1. The minimum absolute atomic E-state index is 0.365. The maximum atomic E-state index is 11.9. The number of carbonyl (C=O) groups is 2. The Morgan fingerprint density at radius 2 is 1.79 bits per heavy atom. The first-order valence-corrected chi connectivity index (χ1v) is 9.05. The number of hydrogen-bond acceptors (Lipinski definition) is 5. The van der Waals surface area contributed by atoms with Gasteiger partial charge >= 0.3 is 11.8 Å². The molecule has 0 saturated carbocycles. The van der Waals surface area contributed by atoms with Gasteiger partial charge in [0.2, 0.25) is 0 Å². The normalized spacial score (nSPS) is 10.7. The predicted octanol–water partition coefficient (Wildman–Crippen LogP) is 4.35. The molecule has 0 aliphatic rings. The van der Waals surface area contributed by atoms with Crippen molar-refractivity contribution in [2.45, 2.75) is 0 Å². The lowest BCUT2D eigenvalue weighted by Crippen LogP contribution is -2.32. The van der Waals surface area contributed by atoms with Gasteiger partial charge in [-0.05, 0) is 42.5 Å². The summed E-state index contributed by atoms with van der Waals surface area (Å²) in [7, 11) is 1.50. The van der Waals surface area contributed by atoms with E-state index in [4.69, 9.17) is 32.4 Å². The standard InChI is InChI=1S/C20H15Cl2N3O4/c1-28-16-4-2-3-15(10-16)24-19(26)20(27)25-23-11-17-5-6-18(29-17)12-7-13(21)9-14(22)8-12/h2-11H,1H3,(H,24,26)(H,25,27)/b23-11+. The van der Waals surface area contributed by atoms with E-state index in [9.17, 15) is 9.59 Å². The monoisotopic (exact) mass is 431 g/mol. The second-order valence-electron chi connectivity index (χ2n) is 5.75. The van der Waals surface area contributed by atoms with Gasteiger partial charge in [-0.25, -0.2) is 5.43 Å². The fraction of sp³-hybridized carbons (Fsp3) is 0.0500. The number of hydrogen-bond donors (Lipinski definition) is 2. The molecular formula is C20H15Cl2N3O4. The van der Waals surface area contributed by atoms with Crippen LogP contribution in [-0.4, -0.2) is 25.1 Å². The number of anilines is 1. The predicted molar refractivity (Wildman–Crippen MR) is 112 cm³/mol. The third kappa shape index (κ3) is 5.60. The summed E-state index contributed by atoms with van der Waals surface area (Å²) in [6.45, 7) is 0. The van der Waals surface area contributed by atoms with E-state index in [1.54, 1.807) is 54.6 Å². The quantitative estimate of drug-likeness (QED) is 0.356. The van der Waals surface area contributed by atoms with Crippen molar-refractivity contribution in [3.63, 3.8) is 0 Å². The molecule has 2 N–H and O–H groups in total. The minimum Gasteiger partial charge on any atom is -0.497 e. The van der Waals surface area contributed by atoms with Gasteiger partial charge in [-0.15, -0.1) is 0 Å². The van der Waals surface area contributed by atoms with Crippen molar-refractivity contribution in [2.75, 3.05) is 12.4 Å². The van der Waals surface area contributed by atoms with E-state index in [1.807, 2.05) is 0 Å². The Balaban J connectivity index is 1.58. The Kier molecular flexibility index (Phi) is 6.54. The van der Waals surface area contributed by atoms with E-state index >= 15 is 0 Å². The van der Waals surface area contributed by atoms with Gasteiger partial charge in [0, 0.05) is 27.4 Å². The molecule has 0 radical (unpaired) electrons. The molecule has 0 unspecified atom stereocenters. The molecule has 9 heteroatoms. The Morgan fingerprint density at radius 1 is 1.03 bits per heavy atom. The van der Waals surface area contributed by atoms with Crippen LogP contribution in [0.2, 0.25) is 10.0 Å². The lowest BCUT2D eigenvalue weighted by atomic mass is 10.2. The summed E-state index contributed by atoms with van der Waals surface area (Å²) in [4.78, 5) is 23.8. The molecule has 0 fully saturated rings. The highest BCUT2D eigenvalue weighted by Gasteiger charge is 2.13. The SMILES string of the molecule is COc1cccc(NC(=O)C(=O)N/N=C/c2ccc(-c3cc(Cl)cc(Cl)c3)o2)c1. The van der Waals surface area contributed by atoms with E-state index in [1.165, 1.54) is 13.3 Å². The Morgan fingerprint density at radius 3 is 2.52 bits per heavy atom. The first-order valence-electron chi connectivity index (χ1n) is 8.29. The average molecular weight is 432 g/mol. The minimum atomic E-state index is -0.933. The Hall–Kier alpha value is -3.29. The van der Waals surface area contributed by atoms with E-state index in [0.29, 0.717) is 38.6 Å². The molecule has 0 saturated heterocycles. The highest BCUT2D eigenvalue weighted by molar-refractivity contribution is 6.39. The highest BCUT2D eigenvalue weighted by atomic mass is 35.5. The smallest absolute Gasteiger partial charge is 0.329 e. The molecule has 0 aliphatic heterocycles. The molecule has 148 valence electrons. The highest BCUT2D eigenvalue weighted by Crippen LogP contribution is 2.28. The zero-order valence-electron chi connectivity index (χ0n) is 15.1. The second-order valence-corrected chi connectivity index (χ2v) is 6.62. The van der Waals surface area contributed by atoms with Crippen LogP contribution in [0.5, 0.6) is 5.75 Å². The number of methoxy groups -OCH3 is 1. The summed E-state index contributed by atoms with van der Waals surface area (Å²) < 4.78 is 10.7. The number of ether oxygens (including phenoxy) is 1. The molecule has 29 heavy (non-hydrogen) atoms. The summed E-state index contributed by atoms with van der Waals surface area (Å²) in [6.07, 6.45) is 1.27. The molecule has 0 bridgehead atoms. The molecule has 1 aromatic heterocycles. The van der Waals surface area contributed by atoms with E-state index in [2.05, 4.69) is 15.8 Å². The van der Waals surface area contributed by atoms with Gasteiger partial charge in [0.15, 0.2) is 0 Å². The Labute approximate surface area is 176 Å². The zero-order valence-corrected chi connectivity index (χ0v) is 16.6. The molecule has 3 aromatic rings. The van der Waals surface area contributed by atoms with Crippen LogP contribution in [-0.2, 0) is 9.59 Å². The number of halogens is 2. The van der Waals surface area contributed by atoms with Crippen molar-refractivity contribution in [1.82, 2.24) is 5.43 Å². The molecule has 2 amide bonds. The van der Waals surface area contributed by atoms with Crippen LogP contribution < -0.4 is 15.5 Å². The van der Waals surface area contributed by atoms with Crippen LogP contribution >= 0.6 is 23.2 Å². The topological polar surface area (TPSA) is 92.9 Å². The molecule has 3 rings (SSSR count). The summed E-state index contributed by atoms with van der Waals surface area (Å²) >= 11 is 12.0. The number of nitrogens with one attached hydrogen (secondary N) is 2. The number of benzene rings is 2. The van der Waals surface area contributed by atoms with E-state index in [0.717, 1.165) is 0 Å². The molecule has 1 heterocycles. The van der Waals surface area contributed by atoms with Crippen LogP contribution in [0.4, 0.5) is 5.69 Å². The van der Waals surface area contributed by atoms with Gasteiger partial charge < -0.3 is 14.5 Å². The van der Waals surface area contributed by atoms with Crippen molar-refractivity contribution in [3.05, 3.63) is 70.4 Å². The van der Waals surface area contributed by atoms with Gasteiger partial charge in [-0.1, -0.05) is 29.3 Å². The molecule has 2 aromatic carbocycles. The molecule has 7 nitrogen and oxygen atoms in total. The first-order chi connectivity index (χ1) is 13.9. The lowest BCUT2D eigenvalue weighted by molar-refractivity contribution is -0.136. The van der Waals surface area contributed by atoms with Crippen molar-refractivity contribution in [1.29, 1.82) is 0 Å². The van der Waals surface area contributed by atoms with Crippen LogP contribution in [0.3, 0.4) is 0 Å². The number of amides is 2. The summed E-state index contributed by atoms with van der Waals surface area (Å²) in [6, 6.07) is 15.0. The lowest BCUT2D eigenvalue weighted by Gasteiger charge is -2.05. The van der Waals surface area contributed by atoms with Crippen molar-refractivity contribution >= 4 is 46.9 Å². The van der Waals surface area contributed by atoms with E-state index < -0.39 is 11.8 Å². The van der Waals surface area contributed by atoms with Gasteiger partial charge in [-0.3, -0.25) is 9.59 Å². The van der Waals surface area contributed by atoms with Crippen LogP contribution in [0.15, 0.2) is 64.1 Å². The summed E-state index contributed by atoms with van der Waals surface area (Å²) in [5.74, 6) is -0.361. The van der Waals surface area contributed by atoms with Gasteiger partial charge in [0.25, 0.3) is 0 Å². The largest absolute Gasteiger partial charge is 0.497 e. The van der Waals surface area contributed by atoms with Crippen LogP contribution in [0.1, 0.15) is 5.76 Å².